The van der Waals surface area contributed by atoms with E-state index in [-0.39, 0.29) is 12.1 Å². The Hall–Kier alpha value is -2.49. The fourth-order valence-corrected chi connectivity index (χ4v) is 3.31. The van der Waals surface area contributed by atoms with Crippen molar-refractivity contribution in [2.45, 2.75) is 32.2 Å². The number of ether oxygens (including phenoxy) is 1. The molecular formula is C20H24N2O2. The highest BCUT2D eigenvalue weighted by molar-refractivity contribution is 5.94. The summed E-state index contributed by atoms with van der Waals surface area (Å²) < 4.78 is 5.25. The summed E-state index contributed by atoms with van der Waals surface area (Å²) in [7, 11) is 1.66. The van der Waals surface area contributed by atoms with Gasteiger partial charge in [0.2, 0.25) is 0 Å². The Bertz CT molecular complexity index is 729. The number of urea groups is 1. The van der Waals surface area contributed by atoms with E-state index < -0.39 is 0 Å². The standard InChI is InChI=1S/C20H24N2O2/c1-14-13-22(19-10-5-4-9-18(14)19)20(23)21-15(2)11-16-7-6-8-17(12-16)24-3/h4-10,12,14-15H,11,13H2,1-3H3,(H,21,23). The van der Waals surface area contributed by atoms with Crippen molar-refractivity contribution in [3.63, 3.8) is 0 Å². The summed E-state index contributed by atoms with van der Waals surface area (Å²) in [5.41, 5.74) is 3.42. The van der Waals surface area contributed by atoms with Crippen molar-refractivity contribution >= 4 is 11.7 Å². The van der Waals surface area contributed by atoms with E-state index in [2.05, 4.69) is 24.4 Å². The maximum absolute atomic E-state index is 12.7. The lowest BCUT2D eigenvalue weighted by Crippen LogP contribution is -2.44. The second-order valence-electron chi connectivity index (χ2n) is 6.48. The number of rotatable bonds is 4. The molecule has 0 aliphatic carbocycles. The molecule has 2 unspecified atom stereocenters. The van der Waals surface area contributed by atoms with Crippen LogP contribution in [-0.4, -0.2) is 25.7 Å². The van der Waals surface area contributed by atoms with E-state index in [4.69, 9.17) is 4.74 Å². The second-order valence-corrected chi connectivity index (χ2v) is 6.48. The number of fused-ring (bicyclic) bond motifs is 1. The summed E-state index contributed by atoms with van der Waals surface area (Å²) in [6.07, 6.45) is 0.772. The first-order chi connectivity index (χ1) is 11.6. The van der Waals surface area contributed by atoms with Gasteiger partial charge in [0.1, 0.15) is 5.75 Å². The molecule has 3 rings (SSSR count). The van der Waals surface area contributed by atoms with Crippen LogP contribution in [0.15, 0.2) is 48.5 Å². The minimum Gasteiger partial charge on any atom is -0.497 e. The average molecular weight is 324 g/mol. The Morgan fingerprint density at radius 2 is 2.08 bits per heavy atom. The molecule has 0 saturated carbocycles. The van der Waals surface area contributed by atoms with Crippen LogP contribution in [0.3, 0.4) is 0 Å². The highest BCUT2D eigenvalue weighted by Gasteiger charge is 2.29. The summed E-state index contributed by atoms with van der Waals surface area (Å²) in [6.45, 7) is 4.92. The topological polar surface area (TPSA) is 41.6 Å². The van der Waals surface area contributed by atoms with Gasteiger partial charge in [-0.1, -0.05) is 37.3 Å². The van der Waals surface area contributed by atoms with E-state index in [1.165, 1.54) is 5.56 Å². The molecule has 1 heterocycles. The lowest BCUT2D eigenvalue weighted by atomic mass is 10.0. The van der Waals surface area contributed by atoms with Crippen molar-refractivity contribution in [2.75, 3.05) is 18.6 Å². The lowest BCUT2D eigenvalue weighted by Gasteiger charge is -2.22. The van der Waals surface area contributed by atoms with Gasteiger partial charge in [0, 0.05) is 24.2 Å². The Balaban J connectivity index is 1.65. The molecule has 1 aliphatic heterocycles. The van der Waals surface area contributed by atoms with E-state index in [9.17, 15) is 4.79 Å². The number of nitrogens with zero attached hydrogens (tertiary/aromatic N) is 1. The van der Waals surface area contributed by atoms with Crippen LogP contribution in [0.1, 0.15) is 30.9 Å². The number of anilines is 1. The SMILES string of the molecule is COc1cccc(CC(C)NC(=O)N2CC(C)c3ccccc32)c1. The number of amides is 2. The molecule has 24 heavy (non-hydrogen) atoms. The highest BCUT2D eigenvalue weighted by atomic mass is 16.5. The zero-order chi connectivity index (χ0) is 17.1. The Morgan fingerprint density at radius 3 is 2.88 bits per heavy atom. The van der Waals surface area contributed by atoms with Gasteiger partial charge < -0.3 is 10.1 Å². The van der Waals surface area contributed by atoms with Gasteiger partial charge in [-0.3, -0.25) is 4.90 Å². The van der Waals surface area contributed by atoms with Crippen molar-refractivity contribution in [1.29, 1.82) is 0 Å². The summed E-state index contributed by atoms with van der Waals surface area (Å²) >= 11 is 0. The first kappa shape index (κ1) is 16.4. The maximum atomic E-state index is 12.7. The fraction of sp³-hybridized carbons (Fsp3) is 0.350. The first-order valence-corrected chi connectivity index (χ1v) is 8.38. The average Bonchev–Trinajstić information content (AvgIpc) is 2.92. The largest absolute Gasteiger partial charge is 0.497 e. The van der Waals surface area contributed by atoms with Crippen LogP contribution in [0.25, 0.3) is 0 Å². The summed E-state index contributed by atoms with van der Waals surface area (Å²) in [6, 6.07) is 16.1. The number of hydrogen-bond donors (Lipinski definition) is 1. The number of carbonyl (C=O) groups excluding carboxylic acids is 1. The normalized spacial score (nSPS) is 17.3. The van der Waals surface area contributed by atoms with Gasteiger partial charge >= 0.3 is 6.03 Å². The van der Waals surface area contributed by atoms with Crippen molar-refractivity contribution in [3.05, 3.63) is 59.7 Å². The van der Waals surface area contributed by atoms with Crippen LogP contribution in [0.5, 0.6) is 5.75 Å². The lowest BCUT2D eigenvalue weighted by molar-refractivity contribution is 0.243. The molecule has 1 aliphatic rings. The Kier molecular flexibility index (Phi) is 4.74. The molecule has 0 radical (unpaired) electrons. The number of methoxy groups -OCH3 is 1. The molecule has 0 aromatic heterocycles. The second kappa shape index (κ2) is 6.95. The first-order valence-electron chi connectivity index (χ1n) is 8.38. The number of carbonyl (C=O) groups is 1. The minimum atomic E-state index is -0.0257. The molecular weight excluding hydrogens is 300 g/mol. The zero-order valence-corrected chi connectivity index (χ0v) is 14.5. The fourth-order valence-electron chi connectivity index (χ4n) is 3.31. The molecule has 2 amide bonds. The number of hydrogen-bond acceptors (Lipinski definition) is 2. The third kappa shape index (κ3) is 3.37. The summed E-state index contributed by atoms with van der Waals surface area (Å²) in [5.74, 6) is 1.22. The van der Waals surface area contributed by atoms with Crippen molar-refractivity contribution < 1.29 is 9.53 Å². The van der Waals surface area contributed by atoms with Crippen LogP contribution in [0.4, 0.5) is 10.5 Å². The smallest absolute Gasteiger partial charge is 0.322 e. The van der Waals surface area contributed by atoms with Gasteiger partial charge in [-0.25, -0.2) is 4.79 Å². The van der Waals surface area contributed by atoms with Crippen LogP contribution >= 0.6 is 0 Å². The van der Waals surface area contributed by atoms with Crippen LogP contribution in [-0.2, 0) is 6.42 Å². The van der Waals surface area contributed by atoms with Gasteiger partial charge in [0.25, 0.3) is 0 Å². The molecule has 2 aromatic carbocycles. The quantitative estimate of drug-likeness (QED) is 0.925. The molecule has 0 spiro atoms. The highest BCUT2D eigenvalue weighted by Crippen LogP contribution is 2.35. The predicted octanol–water partition coefficient (Wildman–Crippen LogP) is 3.96. The monoisotopic (exact) mass is 324 g/mol. The van der Waals surface area contributed by atoms with E-state index >= 15 is 0 Å². The van der Waals surface area contributed by atoms with Gasteiger partial charge in [-0.15, -0.1) is 0 Å². The molecule has 4 nitrogen and oxygen atoms in total. The van der Waals surface area contributed by atoms with Gasteiger partial charge in [-0.05, 0) is 42.7 Å². The van der Waals surface area contributed by atoms with E-state index in [0.717, 1.165) is 30.0 Å². The van der Waals surface area contributed by atoms with E-state index in [0.29, 0.717) is 5.92 Å². The van der Waals surface area contributed by atoms with Crippen molar-refractivity contribution in [2.24, 2.45) is 0 Å². The van der Waals surface area contributed by atoms with Crippen LogP contribution in [0, 0.1) is 0 Å². The Morgan fingerprint density at radius 1 is 1.29 bits per heavy atom. The molecule has 1 N–H and O–H groups in total. The summed E-state index contributed by atoms with van der Waals surface area (Å²) in [4.78, 5) is 14.5. The van der Waals surface area contributed by atoms with Crippen molar-refractivity contribution in [1.82, 2.24) is 5.32 Å². The van der Waals surface area contributed by atoms with Gasteiger partial charge in [0.05, 0.1) is 7.11 Å². The minimum absolute atomic E-state index is 0.0257. The molecule has 2 aromatic rings. The molecule has 0 fully saturated rings. The number of benzene rings is 2. The van der Waals surface area contributed by atoms with Gasteiger partial charge in [-0.2, -0.15) is 0 Å². The number of nitrogens with one attached hydrogen (secondary N) is 1. The molecule has 2 atom stereocenters. The van der Waals surface area contributed by atoms with Crippen LogP contribution in [0.2, 0.25) is 0 Å². The maximum Gasteiger partial charge on any atom is 0.322 e. The zero-order valence-electron chi connectivity index (χ0n) is 14.5. The van der Waals surface area contributed by atoms with E-state index in [1.54, 1.807) is 7.11 Å². The molecule has 0 saturated heterocycles. The van der Waals surface area contributed by atoms with Gasteiger partial charge in [0.15, 0.2) is 0 Å². The molecule has 0 bridgehead atoms. The molecule has 4 heteroatoms. The third-order valence-corrected chi connectivity index (χ3v) is 4.51. The number of para-hydroxylation sites is 1. The van der Waals surface area contributed by atoms with Crippen molar-refractivity contribution in [3.8, 4) is 5.75 Å². The molecule has 126 valence electrons. The van der Waals surface area contributed by atoms with Crippen LogP contribution < -0.4 is 15.0 Å². The van der Waals surface area contributed by atoms with E-state index in [1.807, 2.05) is 48.2 Å². The Labute approximate surface area is 143 Å². The predicted molar refractivity (Wildman–Crippen MR) is 96.9 cm³/mol. The summed E-state index contributed by atoms with van der Waals surface area (Å²) in [5, 5.41) is 3.12. The third-order valence-electron chi connectivity index (χ3n) is 4.51.